The van der Waals surface area contributed by atoms with Gasteiger partial charge < -0.3 is 10.1 Å². The molecule has 1 aliphatic rings. The third-order valence-electron chi connectivity index (χ3n) is 3.87. The number of hydrogen-bond acceptors (Lipinski definition) is 3. The summed E-state index contributed by atoms with van der Waals surface area (Å²) in [7, 11) is 1.92. The topological polar surface area (TPSA) is 38.3 Å². The van der Waals surface area contributed by atoms with Gasteiger partial charge in [-0.15, -0.1) is 0 Å². The molecule has 1 fully saturated rings. The highest BCUT2D eigenvalue weighted by atomic mass is 16.5. The minimum Gasteiger partial charge on any atom is -0.462 e. The lowest BCUT2D eigenvalue weighted by molar-refractivity contribution is 0.0463. The van der Waals surface area contributed by atoms with Gasteiger partial charge in [0, 0.05) is 0 Å². The number of ether oxygens (including phenoxy) is 1. The monoisotopic (exact) mass is 261 g/mol. The van der Waals surface area contributed by atoms with E-state index in [4.69, 9.17) is 4.74 Å². The Morgan fingerprint density at radius 2 is 2.16 bits per heavy atom. The largest absolute Gasteiger partial charge is 0.462 e. The molecule has 19 heavy (non-hydrogen) atoms. The van der Waals surface area contributed by atoms with E-state index in [9.17, 15) is 4.79 Å². The van der Waals surface area contributed by atoms with Gasteiger partial charge in [-0.25, -0.2) is 4.79 Å². The van der Waals surface area contributed by atoms with Crippen molar-refractivity contribution < 1.29 is 9.53 Å². The van der Waals surface area contributed by atoms with Crippen LogP contribution in [0.15, 0.2) is 24.3 Å². The summed E-state index contributed by atoms with van der Waals surface area (Å²) in [6, 6.07) is 7.72. The van der Waals surface area contributed by atoms with Crippen molar-refractivity contribution in [1.82, 2.24) is 5.32 Å². The summed E-state index contributed by atoms with van der Waals surface area (Å²) < 4.78 is 5.40. The van der Waals surface area contributed by atoms with Gasteiger partial charge in [-0.05, 0) is 44.0 Å². The Labute approximate surface area is 115 Å². The predicted molar refractivity (Wildman–Crippen MR) is 76.3 cm³/mol. The highest BCUT2D eigenvalue weighted by Gasteiger charge is 2.18. The lowest BCUT2D eigenvalue weighted by atomic mass is 9.83. The lowest BCUT2D eigenvalue weighted by Gasteiger charge is -2.24. The van der Waals surface area contributed by atoms with E-state index in [1.165, 1.54) is 19.3 Å². The van der Waals surface area contributed by atoms with Crippen LogP contribution in [0.4, 0.5) is 0 Å². The molecule has 1 aliphatic carbocycles. The highest BCUT2D eigenvalue weighted by Crippen LogP contribution is 2.29. The van der Waals surface area contributed by atoms with Crippen LogP contribution in [-0.4, -0.2) is 26.2 Å². The van der Waals surface area contributed by atoms with Crippen LogP contribution in [0.3, 0.4) is 0 Å². The molecule has 0 bridgehead atoms. The second-order valence-corrected chi connectivity index (χ2v) is 5.23. The molecule has 1 saturated carbocycles. The van der Waals surface area contributed by atoms with Gasteiger partial charge in [-0.3, -0.25) is 0 Å². The van der Waals surface area contributed by atoms with Crippen molar-refractivity contribution in [3.05, 3.63) is 35.4 Å². The van der Waals surface area contributed by atoms with Gasteiger partial charge in [0.15, 0.2) is 0 Å². The molecule has 2 rings (SSSR count). The Bertz CT molecular complexity index is 413. The van der Waals surface area contributed by atoms with Gasteiger partial charge in [-0.2, -0.15) is 0 Å². The fraction of sp³-hybridized carbons (Fsp3) is 0.562. The Morgan fingerprint density at radius 3 is 2.84 bits per heavy atom. The van der Waals surface area contributed by atoms with Crippen molar-refractivity contribution in [2.24, 2.45) is 5.92 Å². The summed E-state index contributed by atoms with van der Waals surface area (Å²) in [5.74, 6) is 0.610. The van der Waals surface area contributed by atoms with E-state index in [1.807, 2.05) is 31.3 Å². The third kappa shape index (κ3) is 4.06. The number of esters is 1. The molecule has 0 aromatic heterocycles. The number of hydrogen-bond donors (Lipinski definition) is 1. The standard InChI is InChI=1S/C16H23NO2/c1-17-11-9-14-7-2-3-8-15(14)16(18)19-12-10-13-5-4-6-13/h2-3,7-8,13,17H,4-6,9-12H2,1H3. The predicted octanol–water partition coefficient (Wildman–Crippen LogP) is 2.80. The Balaban J connectivity index is 1.85. The van der Waals surface area contributed by atoms with Gasteiger partial charge in [0.1, 0.15) is 0 Å². The first-order valence-electron chi connectivity index (χ1n) is 7.21. The minimum absolute atomic E-state index is 0.175. The number of likely N-dealkylation sites (N-methyl/N-ethyl adjacent to an activating group) is 1. The molecule has 104 valence electrons. The second kappa shape index (κ2) is 7.29. The van der Waals surface area contributed by atoms with Gasteiger partial charge in [-0.1, -0.05) is 37.5 Å². The highest BCUT2D eigenvalue weighted by molar-refractivity contribution is 5.91. The SMILES string of the molecule is CNCCc1ccccc1C(=O)OCCC1CCC1. The molecular formula is C16H23NO2. The van der Waals surface area contributed by atoms with Gasteiger partial charge in [0.25, 0.3) is 0 Å². The van der Waals surface area contributed by atoms with Crippen molar-refractivity contribution in [2.75, 3.05) is 20.2 Å². The van der Waals surface area contributed by atoms with E-state index in [-0.39, 0.29) is 5.97 Å². The minimum atomic E-state index is -0.175. The molecule has 3 nitrogen and oxygen atoms in total. The second-order valence-electron chi connectivity index (χ2n) is 5.23. The molecular weight excluding hydrogens is 238 g/mol. The maximum absolute atomic E-state index is 12.1. The van der Waals surface area contributed by atoms with E-state index in [2.05, 4.69) is 5.32 Å². The van der Waals surface area contributed by atoms with Crippen LogP contribution in [0.5, 0.6) is 0 Å². The molecule has 0 radical (unpaired) electrons. The molecule has 1 aromatic rings. The lowest BCUT2D eigenvalue weighted by Crippen LogP contribution is -2.17. The van der Waals surface area contributed by atoms with Crippen LogP contribution in [-0.2, 0) is 11.2 Å². The van der Waals surface area contributed by atoms with E-state index in [0.29, 0.717) is 12.2 Å². The molecule has 0 spiro atoms. The van der Waals surface area contributed by atoms with Crippen molar-refractivity contribution in [1.29, 1.82) is 0 Å². The van der Waals surface area contributed by atoms with E-state index in [0.717, 1.165) is 30.9 Å². The smallest absolute Gasteiger partial charge is 0.338 e. The number of carbonyl (C=O) groups excluding carboxylic acids is 1. The Kier molecular flexibility index (Phi) is 5.40. The van der Waals surface area contributed by atoms with Crippen molar-refractivity contribution in [3.8, 4) is 0 Å². The fourth-order valence-corrected chi connectivity index (χ4v) is 2.37. The summed E-state index contributed by atoms with van der Waals surface area (Å²) in [5.41, 5.74) is 1.77. The molecule has 0 aliphatic heterocycles. The van der Waals surface area contributed by atoms with Crippen LogP contribution < -0.4 is 5.32 Å². The van der Waals surface area contributed by atoms with Gasteiger partial charge >= 0.3 is 5.97 Å². The van der Waals surface area contributed by atoms with Crippen molar-refractivity contribution >= 4 is 5.97 Å². The van der Waals surface area contributed by atoms with Gasteiger partial charge in [0.2, 0.25) is 0 Å². The number of benzene rings is 1. The quantitative estimate of drug-likeness (QED) is 0.767. The van der Waals surface area contributed by atoms with Crippen LogP contribution in [0, 0.1) is 5.92 Å². The van der Waals surface area contributed by atoms with E-state index >= 15 is 0 Å². The third-order valence-corrected chi connectivity index (χ3v) is 3.87. The van der Waals surface area contributed by atoms with Crippen LogP contribution >= 0.6 is 0 Å². The normalized spacial score (nSPS) is 15.0. The number of rotatable bonds is 7. The average Bonchev–Trinajstić information content (AvgIpc) is 2.39. The summed E-state index contributed by atoms with van der Waals surface area (Å²) in [6.45, 7) is 1.43. The number of nitrogens with one attached hydrogen (secondary N) is 1. The summed E-state index contributed by atoms with van der Waals surface area (Å²) >= 11 is 0. The molecule has 3 heteroatoms. The zero-order chi connectivity index (χ0) is 13.5. The fourth-order valence-electron chi connectivity index (χ4n) is 2.37. The average molecular weight is 261 g/mol. The molecule has 0 heterocycles. The first kappa shape index (κ1) is 14.1. The molecule has 0 amide bonds. The zero-order valence-electron chi connectivity index (χ0n) is 11.7. The Hall–Kier alpha value is -1.35. The maximum Gasteiger partial charge on any atom is 0.338 e. The van der Waals surface area contributed by atoms with Crippen LogP contribution in [0.25, 0.3) is 0 Å². The molecule has 0 unspecified atom stereocenters. The molecule has 1 N–H and O–H groups in total. The molecule has 1 aromatic carbocycles. The molecule has 0 saturated heterocycles. The van der Waals surface area contributed by atoms with Crippen LogP contribution in [0.1, 0.15) is 41.6 Å². The van der Waals surface area contributed by atoms with Crippen LogP contribution in [0.2, 0.25) is 0 Å². The van der Waals surface area contributed by atoms with E-state index < -0.39 is 0 Å². The first-order chi connectivity index (χ1) is 9.31. The maximum atomic E-state index is 12.1. The number of carbonyl (C=O) groups is 1. The van der Waals surface area contributed by atoms with Crippen molar-refractivity contribution in [3.63, 3.8) is 0 Å². The van der Waals surface area contributed by atoms with Gasteiger partial charge in [0.05, 0.1) is 12.2 Å². The zero-order valence-corrected chi connectivity index (χ0v) is 11.7. The Morgan fingerprint density at radius 1 is 1.37 bits per heavy atom. The summed E-state index contributed by atoms with van der Waals surface area (Å²) in [6.07, 6.45) is 5.81. The van der Waals surface area contributed by atoms with E-state index in [1.54, 1.807) is 0 Å². The summed E-state index contributed by atoms with van der Waals surface area (Å²) in [5, 5.41) is 3.10. The molecule has 0 atom stereocenters. The van der Waals surface area contributed by atoms with Crippen molar-refractivity contribution in [2.45, 2.75) is 32.1 Å². The summed E-state index contributed by atoms with van der Waals surface area (Å²) in [4.78, 5) is 12.1. The first-order valence-corrected chi connectivity index (χ1v) is 7.21.